The van der Waals surface area contributed by atoms with Gasteiger partial charge in [0.1, 0.15) is 6.33 Å². The summed E-state index contributed by atoms with van der Waals surface area (Å²) in [6.07, 6.45) is 1.40. The molecule has 2 aliphatic heterocycles. The van der Waals surface area contributed by atoms with Crippen LogP contribution >= 0.6 is 11.3 Å². The Morgan fingerprint density at radius 2 is 1.89 bits per heavy atom. The van der Waals surface area contributed by atoms with E-state index in [-0.39, 0.29) is 23.2 Å². The highest BCUT2D eigenvalue weighted by Gasteiger charge is 2.29. The van der Waals surface area contributed by atoms with Gasteiger partial charge in [-0.2, -0.15) is 0 Å². The summed E-state index contributed by atoms with van der Waals surface area (Å²) in [5.41, 5.74) is 2.15. The number of fused-ring (bicyclic) bond motifs is 2. The van der Waals surface area contributed by atoms with Crippen molar-refractivity contribution in [2.45, 2.75) is 13.1 Å². The maximum atomic E-state index is 12.1. The number of piperazine rings is 1. The molecule has 11 heteroatoms. The number of aromatic nitrogens is 2. The second-order valence-corrected chi connectivity index (χ2v) is 9.62. The number of ether oxygens (including phenoxy) is 2. The molecule has 0 saturated carbocycles. The Balaban J connectivity index is 1.14. The van der Waals surface area contributed by atoms with Crippen LogP contribution in [-0.2, 0) is 13.1 Å². The second-order valence-electron chi connectivity index (χ2n) is 8.71. The molecule has 0 spiro atoms. The van der Waals surface area contributed by atoms with E-state index in [1.165, 1.54) is 11.0 Å². The van der Waals surface area contributed by atoms with Crippen LogP contribution in [0.5, 0.6) is 11.5 Å². The third-order valence-corrected chi connectivity index (χ3v) is 7.52. The van der Waals surface area contributed by atoms with Crippen molar-refractivity contribution in [3.8, 4) is 11.5 Å². The van der Waals surface area contributed by atoms with Gasteiger partial charge < -0.3 is 19.7 Å². The molecule has 2 aromatic carbocycles. The van der Waals surface area contributed by atoms with Gasteiger partial charge in [0.25, 0.3) is 0 Å². The van der Waals surface area contributed by atoms with Gasteiger partial charge >= 0.3 is 5.69 Å². The van der Waals surface area contributed by atoms with Crippen LogP contribution in [0.2, 0.25) is 0 Å². The first-order valence-electron chi connectivity index (χ1n) is 11.7. The Morgan fingerprint density at radius 3 is 2.75 bits per heavy atom. The number of rotatable bonds is 7. The van der Waals surface area contributed by atoms with Gasteiger partial charge in [0.2, 0.25) is 18.4 Å². The van der Waals surface area contributed by atoms with Crippen molar-refractivity contribution in [1.82, 2.24) is 14.9 Å². The Kier molecular flexibility index (Phi) is 5.99. The molecule has 2 aliphatic rings. The largest absolute Gasteiger partial charge is 0.454 e. The molecule has 1 saturated heterocycles. The predicted molar refractivity (Wildman–Crippen MR) is 138 cm³/mol. The predicted octanol–water partition coefficient (Wildman–Crippen LogP) is 4.26. The van der Waals surface area contributed by atoms with Crippen LogP contribution < -0.4 is 19.7 Å². The fourth-order valence-corrected chi connectivity index (χ4v) is 5.63. The monoisotopic (exact) mass is 504 g/mol. The zero-order valence-corrected chi connectivity index (χ0v) is 20.2. The average molecular weight is 505 g/mol. The maximum Gasteiger partial charge on any atom is 0.353 e. The van der Waals surface area contributed by atoms with Crippen LogP contribution in [0.1, 0.15) is 11.1 Å². The first kappa shape index (κ1) is 22.5. The SMILES string of the molecule is O=[N+]([O-])c1c(NCc2csc3ccccc23)ncnc1N1CCN(Cc2ccc3c(c2)OCO3)CC1. The highest BCUT2D eigenvalue weighted by Crippen LogP contribution is 2.35. The van der Waals surface area contributed by atoms with Crippen molar-refractivity contribution in [3.05, 3.63) is 75.4 Å². The molecule has 4 aromatic rings. The van der Waals surface area contributed by atoms with Crippen LogP contribution in [0, 0.1) is 10.1 Å². The molecule has 4 heterocycles. The lowest BCUT2D eigenvalue weighted by Crippen LogP contribution is -2.46. The summed E-state index contributed by atoms with van der Waals surface area (Å²) in [6.45, 7) is 4.28. The van der Waals surface area contributed by atoms with Crippen LogP contribution in [0.3, 0.4) is 0 Å². The quantitative estimate of drug-likeness (QED) is 0.292. The van der Waals surface area contributed by atoms with Crippen LogP contribution in [-0.4, -0.2) is 52.8 Å². The molecular weight excluding hydrogens is 480 g/mol. The minimum Gasteiger partial charge on any atom is -0.454 e. The van der Waals surface area contributed by atoms with E-state index in [0.29, 0.717) is 25.5 Å². The summed E-state index contributed by atoms with van der Waals surface area (Å²) in [7, 11) is 0. The number of anilines is 2. The molecule has 0 amide bonds. The lowest BCUT2D eigenvalue weighted by atomic mass is 10.1. The smallest absolute Gasteiger partial charge is 0.353 e. The van der Waals surface area contributed by atoms with Gasteiger partial charge in [0.05, 0.1) is 4.92 Å². The maximum absolute atomic E-state index is 12.1. The summed E-state index contributed by atoms with van der Waals surface area (Å²) >= 11 is 1.66. The van der Waals surface area contributed by atoms with E-state index in [1.54, 1.807) is 11.3 Å². The van der Waals surface area contributed by atoms with Crippen molar-refractivity contribution < 1.29 is 14.4 Å². The molecule has 2 aromatic heterocycles. The highest BCUT2D eigenvalue weighted by atomic mass is 32.1. The minimum absolute atomic E-state index is 0.0822. The molecule has 36 heavy (non-hydrogen) atoms. The standard InChI is InChI=1S/C25H24N6O4S/c32-31(33)23-24(26-12-18-14-36-22-4-2-1-3-19(18)22)27-15-28-25(23)30-9-7-29(8-10-30)13-17-5-6-20-21(11-17)35-16-34-20/h1-6,11,14-15H,7-10,12-13,16H2,(H,26,27,28). The van der Waals surface area contributed by atoms with Crippen LogP contribution in [0.25, 0.3) is 10.1 Å². The molecule has 0 aliphatic carbocycles. The fourth-order valence-electron chi connectivity index (χ4n) is 4.66. The van der Waals surface area contributed by atoms with Gasteiger partial charge in [0.15, 0.2) is 11.5 Å². The van der Waals surface area contributed by atoms with E-state index in [1.807, 2.05) is 35.2 Å². The zero-order chi connectivity index (χ0) is 24.5. The number of nitro groups is 1. The summed E-state index contributed by atoms with van der Waals surface area (Å²) in [4.78, 5) is 24.5. The second kappa shape index (κ2) is 9.59. The highest BCUT2D eigenvalue weighted by molar-refractivity contribution is 7.17. The van der Waals surface area contributed by atoms with Crippen molar-refractivity contribution in [2.24, 2.45) is 0 Å². The molecule has 0 radical (unpaired) electrons. The molecular formula is C25H24N6O4S. The van der Waals surface area contributed by atoms with E-state index in [2.05, 4.69) is 37.7 Å². The van der Waals surface area contributed by atoms with Gasteiger partial charge in [-0.3, -0.25) is 15.0 Å². The Bertz CT molecular complexity index is 1420. The third kappa shape index (κ3) is 4.38. The molecule has 0 unspecified atom stereocenters. The average Bonchev–Trinajstić information content (AvgIpc) is 3.54. The van der Waals surface area contributed by atoms with Gasteiger partial charge in [-0.1, -0.05) is 24.3 Å². The van der Waals surface area contributed by atoms with E-state index in [4.69, 9.17) is 9.47 Å². The van der Waals surface area contributed by atoms with Crippen molar-refractivity contribution in [2.75, 3.05) is 43.2 Å². The number of benzene rings is 2. The Hall–Kier alpha value is -3.96. The number of hydrogen-bond acceptors (Lipinski definition) is 10. The molecule has 0 atom stereocenters. The Labute approximate surface area is 211 Å². The van der Waals surface area contributed by atoms with E-state index in [0.717, 1.165) is 47.6 Å². The van der Waals surface area contributed by atoms with Crippen molar-refractivity contribution in [1.29, 1.82) is 0 Å². The summed E-state index contributed by atoms with van der Waals surface area (Å²) in [5, 5.41) is 18.5. The van der Waals surface area contributed by atoms with Gasteiger partial charge in [0, 0.05) is 44.0 Å². The number of thiophene rings is 1. The summed E-state index contributed by atoms with van der Waals surface area (Å²) in [6, 6.07) is 14.1. The van der Waals surface area contributed by atoms with Crippen LogP contribution in [0.4, 0.5) is 17.3 Å². The first-order chi connectivity index (χ1) is 17.7. The number of hydrogen-bond donors (Lipinski definition) is 1. The van der Waals surface area contributed by atoms with Gasteiger partial charge in [-0.25, -0.2) is 9.97 Å². The molecule has 0 bridgehead atoms. The topological polar surface area (TPSA) is 106 Å². The van der Waals surface area contributed by atoms with Crippen molar-refractivity contribution >= 4 is 38.7 Å². The third-order valence-electron chi connectivity index (χ3n) is 6.51. The van der Waals surface area contributed by atoms with E-state index >= 15 is 0 Å². The molecule has 184 valence electrons. The lowest BCUT2D eigenvalue weighted by molar-refractivity contribution is -0.383. The normalized spacial score (nSPS) is 15.4. The molecule has 1 fully saturated rings. The summed E-state index contributed by atoms with van der Waals surface area (Å²) in [5.74, 6) is 2.15. The number of nitrogens with zero attached hydrogens (tertiary/aromatic N) is 5. The lowest BCUT2D eigenvalue weighted by Gasteiger charge is -2.35. The fraction of sp³-hybridized carbons (Fsp3) is 0.280. The zero-order valence-electron chi connectivity index (χ0n) is 19.4. The number of nitrogens with one attached hydrogen (secondary N) is 1. The van der Waals surface area contributed by atoms with E-state index < -0.39 is 0 Å². The van der Waals surface area contributed by atoms with Gasteiger partial charge in [-0.15, -0.1) is 11.3 Å². The minimum atomic E-state index is -0.387. The molecule has 10 nitrogen and oxygen atoms in total. The van der Waals surface area contributed by atoms with E-state index in [9.17, 15) is 10.1 Å². The Morgan fingerprint density at radius 1 is 1.06 bits per heavy atom. The van der Waals surface area contributed by atoms with Crippen LogP contribution in [0.15, 0.2) is 54.2 Å². The van der Waals surface area contributed by atoms with Crippen molar-refractivity contribution in [3.63, 3.8) is 0 Å². The molecule has 6 rings (SSSR count). The summed E-state index contributed by atoms with van der Waals surface area (Å²) < 4.78 is 12.1. The van der Waals surface area contributed by atoms with Gasteiger partial charge in [-0.05, 0) is 40.1 Å². The molecule has 1 N–H and O–H groups in total. The first-order valence-corrected chi connectivity index (χ1v) is 12.6.